The summed E-state index contributed by atoms with van der Waals surface area (Å²) in [4.78, 5) is 15.3. The normalized spacial score (nSPS) is 20.7. The van der Waals surface area contributed by atoms with Gasteiger partial charge in [-0.25, -0.2) is 0 Å². The maximum Gasteiger partial charge on any atom is 0.275 e. The zero-order valence-electron chi connectivity index (χ0n) is 17.2. The fourth-order valence-electron chi connectivity index (χ4n) is 4.40. The van der Waals surface area contributed by atoms with E-state index in [-0.39, 0.29) is 5.91 Å². The van der Waals surface area contributed by atoms with Crippen LogP contribution in [0.5, 0.6) is 5.75 Å². The third-order valence-corrected chi connectivity index (χ3v) is 6.09. The second-order valence-electron chi connectivity index (χ2n) is 8.33. The van der Waals surface area contributed by atoms with E-state index in [0.717, 1.165) is 70.9 Å². The highest BCUT2D eigenvalue weighted by molar-refractivity contribution is 5.76. The van der Waals surface area contributed by atoms with E-state index in [4.69, 9.17) is 4.74 Å². The summed E-state index contributed by atoms with van der Waals surface area (Å²) in [7, 11) is 0. The van der Waals surface area contributed by atoms with Crippen molar-refractivity contribution in [1.82, 2.24) is 5.32 Å². The van der Waals surface area contributed by atoms with Crippen molar-refractivity contribution < 1.29 is 19.3 Å². The maximum atomic E-state index is 12.3. The van der Waals surface area contributed by atoms with Crippen molar-refractivity contribution in [2.75, 3.05) is 45.9 Å². The van der Waals surface area contributed by atoms with Gasteiger partial charge in [-0.2, -0.15) is 0 Å². The van der Waals surface area contributed by atoms with Crippen LogP contribution in [0.4, 0.5) is 0 Å². The van der Waals surface area contributed by atoms with E-state index in [9.17, 15) is 4.79 Å². The Hall–Kier alpha value is -2.37. The van der Waals surface area contributed by atoms with E-state index in [1.165, 1.54) is 21.6 Å². The van der Waals surface area contributed by atoms with Crippen molar-refractivity contribution in [3.05, 3.63) is 65.2 Å². The van der Waals surface area contributed by atoms with Crippen LogP contribution in [0.15, 0.2) is 48.5 Å². The SMILES string of the molecule is O=C(C[NH+]1CC[NH+](Cc2ccc3c(c2)CCO3)CC1)NCCCc1ccccc1. The minimum atomic E-state index is 0.190. The summed E-state index contributed by atoms with van der Waals surface area (Å²) in [5.41, 5.74) is 4.10. The van der Waals surface area contributed by atoms with Crippen molar-refractivity contribution in [3.63, 3.8) is 0 Å². The van der Waals surface area contributed by atoms with Crippen LogP contribution in [0.2, 0.25) is 0 Å². The van der Waals surface area contributed by atoms with Gasteiger partial charge >= 0.3 is 0 Å². The molecular weight excluding hydrogens is 362 g/mol. The number of rotatable bonds is 8. The van der Waals surface area contributed by atoms with Gasteiger partial charge in [0.05, 0.1) is 6.61 Å². The summed E-state index contributed by atoms with van der Waals surface area (Å²) in [6.07, 6.45) is 3.05. The van der Waals surface area contributed by atoms with E-state index in [1.54, 1.807) is 4.90 Å². The van der Waals surface area contributed by atoms with E-state index < -0.39 is 0 Å². The van der Waals surface area contributed by atoms with E-state index in [1.807, 2.05) is 6.07 Å². The minimum Gasteiger partial charge on any atom is -0.493 e. The van der Waals surface area contributed by atoms with Gasteiger partial charge in [-0.1, -0.05) is 30.3 Å². The zero-order chi connectivity index (χ0) is 19.9. The lowest BCUT2D eigenvalue weighted by molar-refractivity contribution is -1.02. The first-order chi connectivity index (χ1) is 14.3. The lowest BCUT2D eigenvalue weighted by atomic mass is 10.1. The Morgan fingerprint density at radius 3 is 2.59 bits per heavy atom. The first-order valence-corrected chi connectivity index (χ1v) is 11.0. The standard InChI is InChI=1S/C24H31N3O2/c28-24(25-11-4-7-20-5-2-1-3-6-20)19-27-14-12-26(13-15-27)18-21-8-9-23-22(17-21)10-16-29-23/h1-3,5-6,8-9,17H,4,7,10-16,18-19H2,(H,25,28)/p+2. The molecule has 2 aromatic rings. The average molecular weight is 396 g/mol. The Morgan fingerprint density at radius 2 is 1.76 bits per heavy atom. The van der Waals surface area contributed by atoms with Gasteiger partial charge in [0.15, 0.2) is 6.54 Å². The molecule has 5 heteroatoms. The third-order valence-electron chi connectivity index (χ3n) is 6.09. The molecular formula is C24H33N3O2+2. The van der Waals surface area contributed by atoms with E-state index in [0.29, 0.717) is 6.54 Å². The number of fused-ring (bicyclic) bond motifs is 1. The van der Waals surface area contributed by atoms with Gasteiger partial charge < -0.3 is 19.9 Å². The molecule has 2 aliphatic rings. The Bertz CT molecular complexity index is 801. The number of nitrogens with one attached hydrogen (secondary N) is 3. The Kier molecular flexibility index (Phi) is 6.80. The lowest BCUT2D eigenvalue weighted by Crippen LogP contribution is -3.28. The molecule has 2 heterocycles. The van der Waals surface area contributed by atoms with E-state index >= 15 is 0 Å². The molecule has 0 aliphatic carbocycles. The summed E-state index contributed by atoms with van der Waals surface area (Å²) < 4.78 is 5.60. The first kappa shape index (κ1) is 19.9. The lowest BCUT2D eigenvalue weighted by Gasteiger charge is -2.29. The Morgan fingerprint density at radius 1 is 0.966 bits per heavy atom. The Labute approximate surface area is 173 Å². The van der Waals surface area contributed by atoms with Crippen LogP contribution in [0.1, 0.15) is 23.1 Å². The molecule has 2 aromatic carbocycles. The summed E-state index contributed by atoms with van der Waals surface area (Å²) >= 11 is 0. The predicted octanol–water partition coefficient (Wildman–Crippen LogP) is -0.346. The van der Waals surface area contributed by atoms with Gasteiger partial charge in [0, 0.05) is 18.5 Å². The highest BCUT2D eigenvalue weighted by atomic mass is 16.5. The summed E-state index contributed by atoms with van der Waals surface area (Å²) in [5, 5.41) is 3.10. The van der Waals surface area contributed by atoms with Crippen LogP contribution < -0.4 is 19.9 Å². The number of hydrogen-bond acceptors (Lipinski definition) is 2. The van der Waals surface area contributed by atoms with Crippen molar-refractivity contribution in [2.45, 2.75) is 25.8 Å². The summed E-state index contributed by atoms with van der Waals surface area (Å²) in [6.45, 7) is 7.67. The zero-order valence-corrected chi connectivity index (χ0v) is 17.2. The topological polar surface area (TPSA) is 47.2 Å². The fraction of sp³-hybridized carbons (Fsp3) is 0.458. The highest BCUT2D eigenvalue weighted by Crippen LogP contribution is 2.25. The largest absolute Gasteiger partial charge is 0.493 e. The number of benzene rings is 2. The summed E-state index contributed by atoms with van der Waals surface area (Å²) in [6, 6.07) is 17.1. The second-order valence-corrected chi connectivity index (χ2v) is 8.33. The van der Waals surface area contributed by atoms with E-state index in [2.05, 4.69) is 47.8 Å². The quantitative estimate of drug-likeness (QED) is 0.536. The monoisotopic (exact) mass is 395 g/mol. The second kappa shape index (κ2) is 9.90. The molecule has 0 aromatic heterocycles. The molecule has 4 rings (SSSR count). The van der Waals surface area contributed by atoms with Gasteiger partial charge in [0.25, 0.3) is 5.91 Å². The summed E-state index contributed by atoms with van der Waals surface area (Å²) in [5.74, 6) is 1.25. The number of ether oxygens (including phenoxy) is 1. The molecule has 154 valence electrons. The van der Waals surface area contributed by atoms with Crippen LogP contribution >= 0.6 is 0 Å². The van der Waals surface area contributed by atoms with Gasteiger partial charge in [0.2, 0.25) is 0 Å². The number of carbonyl (C=O) groups excluding carboxylic acids is 1. The van der Waals surface area contributed by atoms with Gasteiger partial charge in [0.1, 0.15) is 38.5 Å². The molecule has 5 nitrogen and oxygen atoms in total. The van der Waals surface area contributed by atoms with Crippen molar-refractivity contribution in [3.8, 4) is 5.75 Å². The third kappa shape index (κ3) is 5.81. The van der Waals surface area contributed by atoms with Crippen molar-refractivity contribution in [2.24, 2.45) is 0 Å². The fourth-order valence-corrected chi connectivity index (χ4v) is 4.40. The number of quaternary nitrogens is 2. The maximum absolute atomic E-state index is 12.3. The van der Waals surface area contributed by atoms with Crippen LogP contribution in [0.25, 0.3) is 0 Å². The number of amides is 1. The predicted molar refractivity (Wildman–Crippen MR) is 113 cm³/mol. The van der Waals surface area contributed by atoms with Crippen LogP contribution in [-0.4, -0.2) is 51.8 Å². The molecule has 0 bridgehead atoms. The van der Waals surface area contributed by atoms with Gasteiger partial charge in [-0.05, 0) is 42.2 Å². The molecule has 3 N–H and O–H groups in total. The number of piperazine rings is 1. The van der Waals surface area contributed by atoms with Gasteiger partial charge in [-0.15, -0.1) is 0 Å². The molecule has 1 amide bonds. The van der Waals surface area contributed by atoms with Crippen molar-refractivity contribution in [1.29, 1.82) is 0 Å². The molecule has 0 unspecified atom stereocenters. The van der Waals surface area contributed by atoms with Crippen LogP contribution in [-0.2, 0) is 24.2 Å². The molecule has 29 heavy (non-hydrogen) atoms. The Balaban J connectivity index is 1.12. The number of hydrogen-bond donors (Lipinski definition) is 3. The molecule has 0 saturated carbocycles. The molecule has 1 saturated heterocycles. The molecule has 0 atom stereocenters. The van der Waals surface area contributed by atoms with Crippen LogP contribution in [0.3, 0.4) is 0 Å². The van der Waals surface area contributed by atoms with Crippen LogP contribution in [0, 0.1) is 0 Å². The average Bonchev–Trinajstić information content (AvgIpc) is 3.21. The number of carbonyl (C=O) groups is 1. The molecule has 2 aliphatic heterocycles. The highest BCUT2D eigenvalue weighted by Gasteiger charge is 2.25. The molecule has 0 radical (unpaired) electrons. The minimum absolute atomic E-state index is 0.190. The molecule has 1 fully saturated rings. The number of aryl methyl sites for hydroxylation is 1. The van der Waals surface area contributed by atoms with Gasteiger partial charge in [-0.3, -0.25) is 4.79 Å². The smallest absolute Gasteiger partial charge is 0.275 e. The van der Waals surface area contributed by atoms with Crippen molar-refractivity contribution >= 4 is 5.91 Å². The molecule has 0 spiro atoms. The first-order valence-electron chi connectivity index (χ1n) is 11.0.